The van der Waals surface area contributed by atoms with Crippen molar-refractivity contribution in [1.82, 2.24) is 5.32 Å². The molecule has 17 heavy (non-hydrogen) atoms. The third-order valence-electron chi connectivity index (χ3n) is 3.98. The molecule has 1 aromatic rings. The summed E-state index contributed by atoms with van der Waals surface area (Å²) < 4.78 is 5.82. The van der Waals surface area contributed by atoms with Crippen molar-refractivity contribution in [2.45, 2.75) is 51.6 Å². The summed E-state index contributed by atoms with van der Waals surface area (Å²) in [5.74, 6) is 3.50. The van der Waals surface area contributed by atoms with E-state index in [4.69, 9.17) is 4.42 Å². The first kappa shape index (κ1) is 12.7. The maximum absolute atomic E-state index is 9.31. The second kappa shape index (κ2) is 4.83. The highest BCUT2D eigenvalue weighted by molar-refractivity contribution is 5.17. The van der Waals surface area contributed by atoms with Gasteiger partial charge in [0.05, 0.1) is 13.2 Å². The summed E-state index contributed by atoms with van der Waals surface area (Å²) in [4.78, 5) is 0. The summed E-state index contributed by atoms with van der Waals surface area (Å²) in [5, 5.41) is 12.7. The van der Waals surface area contributed by atoms with Crippen LogP contribution in [0.15, 0.2) is 16.5 Å². The lowest BCUT2D eigenvalue weighted by molar-refractivity contribution is 0.166. The zero-order valence-electron chi connectivity index (χ0n) is 11.0. The van der Waals surface area contributed by atoms with Gasteiger partial charge in [0.2, 0.25) is 0 Å². The highest BCUT2D eigenvalue weighted by atomic mass is 16.3. The predicted molar refractivity (Wildman–Crippen MR) is 67.9 cm³/mol. The molecule has 96 valence electrons. The largest absolute Gasteiger partial charge is 0.464 e. The molecule has 3 atom stereocenters. The Kier molecular flexibility index (Phi) is 3.59. The fraction of sp³-hybridized carbons (Fsp3) is 0.714. The molecule has 0 radical (unpaired) electrons. The topological polar surface area (TPSA) is 45.4 Å². The lowest BCUT2D eigenvalue weighted by atomic mass is 10.0. The van der Waals surface area contributed by atoms with Gasteiger partial charge in [-0.25, -0.2) is 0 Å². The molecule has 3 heteroatoms. The van der Waals surface area contributed by atoms with Crippen molar-refractivity contribution in [3.63, 3.8) is 0 Å². The zero-order chi connectivity index (χ0) is 12.5. The second-order valence-corrected chi connectivity index (χ2v) is 5.55. The summed E-state index contributed by atoms with van der Waals surface area (Å²) >= 11 is 0. The van der Waals surface area contributed by atoms with Crippen LogP contribution in [0.4, 0.5) is 0 Å². The van der Waals surface area contributed by atoms with E-state index < -0.39 is 0 Å². The van der Waals surface area contributed by atoms with E-state index in [0.717, 1.165) is 23.9 Å². The van der Waals surface area contributed by atoms with Crippen LogP contribution >= 0.6 is 0 Å². The molecule has 0 aliphatic heterocycles. The van der Waals surface area contributed by atoms with E-state index in [0.29, 0.717) is 12.5 Å². The molecule has 0 saturated heterocycles. The quantitative estimate of drug-likeness (QED) is 0.799. The Morgan fingerprint density at radius 2 is 2.24 bits per heavy atom. The maximum Gasteiger partial charge on any atom is 0.117 e. The molecule has 0 amide bonds. The van der Waals surface area contributed by atoms with Crippen LogP contribution in [0.5, 0.6) is 0 Å². The van der Waals surface area contributed by atoms with Crippen LogP contribution in [0.3, 0.4) is 0 Å². The van der Waals surface area contributed by atoms with E-state index in [1.165, 1.54) is 6.42 Å². The fourth-order valence-electron chi connectivity index (χ4n) is 2.00. The number of aliphatic hydroxyl groups excluding tert-OH is 1. The van der Waals surface area contributed by atoms with Gasteiger partial charge in [-0.2, -0.15) is 0 Å². The molecular weight excluding hydrogens is 214 g/mol. The van der Waals surface area contributed by atoms with Gasteiger partial charge in [0.25, 0.3) is 0 Å². The van der Waals surface area contributed by atoms with Gasteiger partial charge in [0, 0.05) is 11.5 Å². The molecule has 2 N–H and O–H groups in total. The van der Waals surface area contributed by atoms with Crippen molar-refractivity contribution in [3.8, 4) is 0 Å². The van der Waals surface area contributed by atoms with Gasteiger partial charge < -0.3 is 14.8 Å². The van der Waals surface area contributed by atoms with E-state index in [2.05, 4.69) is 25.2 Å². The molecule has 1 aromatic heterocycles. The Morgan fingerprint density at radius 1 is 1.53 bits per heavy atom. The van der Waals surface area contributed by atoms with Crippen molar-refractivity contribution >= 4 is 0 Å². The molecule has 1 heterocycles. The lowest BCUT2D eigenvalue weighted by Gasteiger charge is -2.26. The van der Waals surface area contributed by atoms with Crippen LogP contribution in [0.2, 0.25) is 0 Å². The average Bonchev–Trinajstić information content (AvgIpc) is 2.90. The van der Waals surface area contributed by atoms with E-state index in [9.17, 15) is 5.11 Å². The van der Waals surface area contributed by atoms with Crippen molar-refractivity contribution in [2.75, 3.05) is 6.61 Å². The Labute approximate surface area is 103 Å². The highest BCUT2D eigenvalue weighted by Gasteiger charge is 2.36. The summed E-state index contributed by atoms with van der Waals surface area (Å²) in [6.07, 6.45) is 2.15. The van der Waals surface area contributed by atoms with E-state index in [-0.39, 0.29) is 12.1 Å². The molecule has 1 aliphatic carbocycles. The minimum atomic E-state index is -0.209. The Balaban J connectivity index is 1.89. The molecule has 1 aliphatic rings. The number of nitrogens with one attached hydrogen (secondary N) is 1. The van der Waals surface area contributed by atoms with Gasteiger partial charge in [-0.15, -0.1) is 0 Å². The zero-order valence-corrected chi connectivity index (χ0v) is 11.0. The van der Waals surface area contributed by atoms with Crippen molar-refractivity contribution in [1.29, 1.82) is 0 Å². The fourth-order valence-corrected chi connectivity index (χ4v) is 2.00. The van der Waals surface area contributed by atoms with E-state index in [1.54, 1.807) is 0 Å². The Hall–Kier alpha value is -0.800. The third-order valence-corrected chi connectivity index (χ3v) is 3.98. The van der Waals surface area contributed by atoms with E-state index >= 15 is 0 Å². The molecular formula is C14H23NO2. The van der Waals surface area contributed by atoms with Crippen molar-refractivity contribution in [3.05, 3.63) is 23.7 Å². The van der Waals surface area contributed by atoms with Gasteiger partial charge in [-0.1, -0.05) is 13.8 Å². The predicted octanol–water partition coefficient (Wildman–Crippen LogP) is 2.65. The van der Waals surface area contributed by atoms with Crippen molar-refractivity contribution in [2.24, 2.45) is 5.92 Å². The molecule has 0 bridgehead atoms. The first-order valence-electron chi connectivity index (χ1n) is 6.52. The minimum Gasteiger partial charge on any atom is -0.464 e. The van der Waals surface area contributed by atoms with Gasteiger partial charge >= 0.3 is 0 Å². The van der Waals surface area contributed by atoms with Crippen molar-refractivity contribution < 1.29 is 9.52 Å². The lowest BCUT2D eigenvalue weighted by Crippen LogP contribution is -2.44. The standard InChI is InChI=1S/C14H23NO2/c1-4-14(3,9-16)15-8-11-5-6-13(17-11)12-7-10(12)2/h5-6,10,12,15-16H,4,7-9H2,1-3H3. The first-order valence-corrected chi connectivity index (χ1v) is 6.52. The van der Waals surface area contributed by atoms with Crippen LogP contribution in [-0.2, 0) is 6.54 Å². The highest BCUT2D eigenvalue weighted by Crippen LogP contribution is 2.47. The van der Waals surface area contributed by atoms with Crippen LogP contribution in [0.1, 0.15) is 51.1 Å². The summed E-state index contributed by atoms with van der Waals surface area (Å²) in [6, 6.07) is 4.13. The summed E-state index contributed by atoms with van der Waals surface area (Å²) in [5.41, 5.74) is -0.209. The SMILES string of the molecule is CCC(C)(CO)NCc1ccc(C2CC2C)o1. The normalized spacial score (nSPS) is 26.8. The second-order valence-electron chi connectivity index (χ2n) is 5.55. The Morgan fingerprint density at radius 3 is 2.76 bits per heavy atom. The molecule has 0 aromatic carbocycles. The van der Waals surface area contributed by atoms with Gasteiger partial charge in [0.1, 0.15) is 11.5 Å². The Bertz CT molecular complexity index is 368. The molecule has 0 spiro atoms. The van der Waals surface area contributed by atoms with Gasteiger partial charge in [-0.05, 0) is 37.8 Å². The summed E-state index contributed by atoms with van der Waals surface area (Å²) in [7, 11) is 0. The number of rotatable bonds is 6. The monoisotopic (exact) mass is 237 g/mol. The molecule has 1 saturated carbocycles. The number of hydrogen-bond acceptors (Lipinski definition) is 3. The summed E-state index contributed by atoms with van der Waals surface area (Å²) in [6.45, 7) is 7.19. The molecule has 3 unspecified atom stereocenters. The smallest absolute Gasteiger partial charge is 0.117 e. The average molecular weight is 237 g/mol. The maximum atomic E-state index is 9.31. The molecule has 2 rings (SSSR count). The van der Waals surface area contributed by atoms with Crippen LogP contribution in [0, 0.1) is 5.92 Å². The van der Waals surface area contributed by atoms with Gasteiger partial charge in [0.15, 0.2) is 0 Å². The van der Waals surface area contributed by atoms with Crippen LogP contribution in [0.25, 0.3) is 0 Å². The van der Waals surface area contributed by atoms with Crippen LogP contribution < -0.4 is 5.32 Å². The minimum absolute atomic E-state index is 0.150. The number of aliphatic hydroxyl groups is 1. The first-order chi connectivity index (χ1) is 8.08. The molecule has 1 fully saturated rings. The number of hydrogen-bond donors (Lipinski definition) is 2. The van der Waals surface area contributed by atoms with Crippen LogP contribution in [-0.4, -0.2) is 17.3 Å². The molecule has 3 nitrogen and oxygen atoms in total. The number of furan rings is 1. The van der Waals surface area contributed by atoms with E-state index in [1.807, 2.05) is 13.0 Å². The van der Waals surface area contributed by atoms with Gasteiger partial charge in [-0.3, -0.25) is 0 Å². The third kappa shape index (κ3) is 2.90.